The van der Waals surface area contributed by atoms with Gasteiger partial charge in [0, 0.05) is 19.0 Å². The fourth-order valence-electron chi connectivity index (χ4n) is 2.21. The first kappa shape index (κ1) is 11.8. The molecule has 0 bridgehead atoms. The number of anilines is 2. The summed E-state index contributed by atoms with van der Waals surface area (Å²) >= 11 is 0. The zero-order valence-electron chi connectivity index (χ0n) is 10.7. The second-order valence-corrected chi connectivity index (χ2v) is 4.97. The number of fused-ring (bicyclic) bond motifs is 1. The van der Waals surface area contributed by atoms with Crippen LogP contribution in [0.15, 0.2) is 18.2 Å². The molecule has 0 aliphatic carbocycles. The zero-order chi connectivity index (χ0) is 12.6. The van der Waals surface area contributed by atoms with E-state index in [0.717, 1.165) is 17.1 Å². The van der Waals surface area contributed by atoms with Crippen molar-refractivity contribution >= 4 is 17.3 Å². The molecule has 1 N–H and O–H groups in total. The number of hydrogen-bond acceptors (Lipinski definition) is 3. The molecule has 1 aromatic rings. The number of amides is 1. The van der Waals surface area contributed by atoms with E-state index in [4.69, 9.17) is 4.74 Å². The van der Waals surface area contributed by atoms with Crippen molar-refractivity contribution in [2.45, 2.75) is 26.3 Å². The summed E-state index contributed by atoms with van der Waals surface area (Å²) in [5.74, 6) is 0.756. The van der Waals surface area contributed by atoms with Crippen LogP contribution in [0.1, 0.15) is 20.8 Å². The fourth-order valence-corrected chi connectivity index (χ4v) is 2.21. The minimum absolute atomic E-state index is 0.0327. The summed E-state index contributed by atoms with van der Waals surface area (Å²) in [6.07, 6.45) is 0. The van der Waals surface area contributed by atoms with Crippen LogP contribution in [0.3, 0.4) is 0 Å². The van der Waals surface area contributed by atoms with Gasteiger partial charge in [0.25, 0.3) is 0 Å². The van der Waals surface area contributed by atoms with E-state index < -0.39 is 0 Å². The summed E-state index contributed by atoms with van der Waals surface area (Å²) in [7, 11) is 1.62. The molecule has 17 heavy (non-hydrogen) atoms. The van der Waals surface area contributed by atoms with E-state index in [9.17, 15) is 4.79 Å². The SMILES string of the molecule is COc1cccc2c1N(C(C)=O)CC(C)(C)N2. The number of para-hydroxylation sites is 1. The van der Waals surface area contributed by atoms with Crippen molar-refractivity contribution in [2.24, 2.45) is 0 Å². The molecule has 0 saturated heterocycles. The summed E-state index contributed by atoms with van der Waals surface area (Å²) in [5.41, 5.74) is 1.64. The van der Waals surface area contributed by atoms with Crippen LogP contribution >= 0.6 is 0 Å². The van der Waals surface area contributed by atoms with E-state index in [1.165, 1.54) is 0 Å². The van der Waals surface area contributed by atoms with Crippen molar-refractivity contribution in [1.82, 2.24) is 0 Å². The molecule has 0 unspecified atom stereocenters. The van der Waals surface area contributed by atoms with Gasteiger partial charge in [-0.15, -0.1) is 0 Å². The van der Waals surface area contributed by atoms with Crippen LogP contribution in [0, 0.1) is 0 Å². The largest absolute Gasteiger partial charge is 0.494 e. The predicted molar refractivity (Wildman–Crippen MR) is 68.7 cm³/mol. The van der Waals surface area contributed by atoms with Gasteiger partial charge in [-0.25, -0.2) is 0 Å². The lowest BCUT2D eigenvalue weighted by molar-refractivity contribution is -0.116. The summed E-state index contributed by atoms with van der Waals surface area (Å²) in [6, 6.07) is 5.76. The third kappa shape index (κ3) is 2.07. The average Bonchev–Trinajstić information content (AvgIpc) is 2.25. The number of carbonyl (C=O) groups is 1. The number of rotatable bonds is 1. The van der Waals surface area contributed by atoms with Crippen LogP contribution in [-0.4, -0.2) is 25.1 Å². The fraction of sp³-hybridized carbons (Fsp3) is 0.462. The highest BCUT2D eigenvalue weighted by Gasteiger charge is 2.33. The van der Waals surface area contributed by atoms with Gasteiger partial charge in [-0.2, -0.15) is 0 Å². The molecule has 1 heterocycles. The predicted octanol–water partition coefficient (Wildman–Crippen LogP) is 2.25. The van der Waals surface area contributed by atoms with Gasteiger partial charge in [-0.05, 0) is 26.0 Å². The van der Waals surface area contributed by atoms with Crippen LogP contribution in [-0.2, 0) is 4.79 Å². The minimum atomic E-state index is -0.134. The van der Waals surface area contributed by atoms with Crippen molar-refractivity contribution in [2.75, 3.05) is 23.9 Å². The summed E-state index contributed by atoms with van der Waals surface area (Å²) in [6.45, 7) is 6.37. The van der Waals surface area contributed by atoms with E-state index in [-0.39, 0.29) is 11.4 Å². The van der Waals surface area contributed by atoms with Crippen LogP contribution in [0.2, 0.25) is 0 Å². The average molecular weight is 234 g/mol. The second kappa shape index (κ2) is 3.95. The molecule has 1 aromatic carbocycles. The van der Waals surface area contributed by atoms with E-state index in [2.05, 4.69) is 19.2 Å². The number of benzene rings is 1. The Hall–Kier alpha value is -1.71. The second-order valence-electron chi connectivity index (χ2n) is 4.97. The quantitative estimate of drug-likeness (QED) is 0.810. The minimum Gasteiger partial charge on any atom is -0.494 e. The zero-order valence-corrected chi connectivity index (χ0v) is 10.7. The number of ether oxygens (including phenoxy) is 1. The first-order valence-corrected chi connectivity index (χ1v) is 5.68. The molecule has 1 amide bonds. The molecule has 2 rings (SSSR count). The van der Waals surface area contributed by atoms with Crippen molar-refractivity contribution in [3.05, 3.63) is 18.2 Å². The van der Waals surface area contributed by atoms with Gasteiger partial charge in [0.2, 0.25) is 5.91 Å². The molecule has 1 aliphatic rings. The van der Waals surface area contributed by atoms with Gasteiger partial charge in [-0.3, -0.25) is 4.79 Å². The van der Waals surface area contributed by atoms with Crippen molar-refractivity contribution in [1.29, 1.82) is 0 Å². The molecule has 0 saturated carbocycles. The van der Waals surface area contributed by atoms with Gasteiger partial charge in [0.15, 0.2) is 0 Å². The smallest absolute Gasteiger partial charge is 0.224 e. The Morgan fingerprint density at radius 2 is 2.18 bits per heavy atom. The molecular weight excluding hydrogens is 216 g/mol. The normalized spacial score (nSPS) is 17.1. The van der Waals surface area contributed by atoms with Crippen LogP contribution in [0.4, 0.5) is 11.4 Å². The van der Waals surface area contributed by atoms with Gasteiger partial charge in [-0.1, -0.05) is 6.07 Å². The first-order chi connectivity index (χ1) is 7.94. The lowest BCUT2D eigenvalue weighted by Gasteiger charge is -2.41. The molecule has 92 valence electrons. The third-order valence-electron chi connectivity index (χ3n) is 2.90. The van der Waals surface area contributed by atoms with Crippen molar-refractivity contribution in [3.8, 4) is 5.75 Å². The number of methoxy groups -OCH3 is 1. The summed E-state index contributed by atoms with van der Waals surface area (Å²) < 4.78 is 5.33. The number of hydrogen-bond donors (Lipinski definition) is 1. The van der Waals surface area contributed by atoms with Gasteiger partial charge in [0.1, 0.15) is 11.4 Å². The Morgan fingerprint density at radius 1 is 1.47 bits per heavy atom. The van der Waals surface area contributed by atoms with E-state index >= 15 is 0 Å². The van der Waals surface area contributed by atoms with Crippen molar-refractivity contribution in [3.63, 3.8) is 0 Å². The molecule has 4 heteroatoms. The third-order valence-corrected chi connectivity index (χ3v) is 2.90. The van der Waals surface area contributed by atoms with Crippen molar-refractivity contribution < 1.29 is 9.53 Å². The molecule has 0 atom stereocenters. The molecule has 0 fully saturated rings. The Morgan fingerprint density at radius 3 is 2.76 bits per heavy atom. The lowest BCUT2D eigenvalue weighted by Crippen LogP contribution is -2.50. The lowest BCUT2D eigenvalue weighted by atomic mass is 9.99. The maximum Gasteiger partial charge on any atom is 0.224 e. The number of nitrogens with one attached hydrogen (secondary N) is 1. The van der Waals surface area contributed by atoms with E-state index in [1.807, 2.05) is 18.2 Å². The molecule has 0 radical (unpaired) electrons. The Bertz CT molecular complexity index is 455. The maximum absolute atomic E-state index is 11.8. The number of carbonyl (C=O) groups excluding carboxylic acids is 1. The highest BCUT2D eigenvalue weighted by molar-refractivity contribution is 5.99. The van der Waals surface area contributed by atoms with Gasteiger partial charge >= 0.3 is 0 Å². The van der Waals surface area contributed by atoms with Gasteiger partial charge in [0.05, 0.1) is 12.8 Å². The number of nitrogens with zero attached hydrogens (tertiary/aromatic N) is 1. The van der Waals surface area contributed by atoms with E-state index in [0.29, 0.717) is 6.54 Å². The van der Waals surface area contributed by atoms with Gasteiger partial charge < -0.3 is 15.0 Å². The molecular formula is C13H18N2O2. The maximum atomic E-state index is 11.8. The van der Waals surface area contributed by atoms with Crippen LogP contribution < -0.4 is 15.0 Å². The Labute approximate surface area is 102 Å². The molecule has 4 nitrogen and oxygen atoms in total. The molecule has 0 aromatic heterocycles. The highest BCUT2D eigenvalue weighted by atomic mass is 16.5. The standard InChI is InChI=1S/C13H18N2O2/c1-9(16)15-8-13(2,3)14-10-6-5-7-11(17-4)12(10)15/h5-7,14H,8H2,1-4H3. The van der Waals surface area contributed by atoms with Crippen LogP contribution in [0.5, 0.6) is 5.75 Å². The first-order valence-electron chi connectivity index (χ1n) is 5.68. The molecule has 0 spiro atoms. The highest BCUT2D eigenvalue weighted by Crippen LogP contribution is 2.41. The van der Waals surface area contributed by atoms with Crippen LogP contribution in [0.25, 0.3) is 0 Å². The molecule has 1 aliphatic heterocycles. The summed E-state index contributed by atoms with van der Waals surface area (Å²) in [5, 5.41) is 3.42. The summed E-state index contributed by atoms with van der Waals surface area (Å²) in [4.78, 5) is 13.5. The Kier molecular flexibility index (Phi) is 2.73. The Balaban J connectivity index is 2.57. The van der Waals surface area contributed by atoms with E-state index in [1.54, 1.807) is 18.9 Å². The topological polar surface area (TPSA) is 41.6 Å². The monoisotopic (exact) mass is 234 g/mol.